The zero-order valence-electron chi connectivity index (χ0n) is 11.0. The van der Waals surface area contributed by atoms with E-state index in [4.69, 9.17) is 9.84 Å². The summed E-state index contributed by atoms with van der Waals surface area (Å²) in [5.74, 6) is -1.74. The maximum atomic E-state index is 13.3. The summed E-state index contributed by atoms with van der Waals surface area (Å²) in [6.07, 6.45) is 0.725. The number of carboxylic acid groups (broad SMARTS) is 1. The number of ether oxygens (including phenoxy) is 1. The highest BCUT2D eigenvalue weighted by Gasteiger charge is 2.23. The lowest BCUT2D eigenvalue weighted by Gasteiger charge is -2.32. The molecule has 1 aliphatic heterocycles. The summed E-state index contributed by atoms with van der Waals surface area (Å²) in [7, 11) is 1.66. The highest BCUT2D eigenvalue weighted by molar-refractivity contribution is 5.69. The fourth-order valence-electron chi connectivity index (χ4n) is 2.21. The molecule has 20 heavy (non-hydrogen) atoms. The zero-order valence-corrected chi connectivity index (χ0v) is 11.0. The molecule has 0 saturated carbocycles. The lowest BCUT2D eigenvalue weighted by molar-refractivity contribution is -0.147. The van der Waals surface area contributed by atoms with Crippen molar-refractivity contribution in [3.63, 3.8) is 0 Å². The van der Waals surface area contributed by atoms with Gasteiger partial charge in [0.2, 0.25) is 0 Å². The normalized spacial score (nSPS) is 18.0. The van der Waals surface area contributed by atoms with Crippen LogP contribution in [0.2, 0.25) is 0 Å². The van der Waals surface area contributed by atoms with Crippen molar-refractivity contribution in [1.29, 1.82) is 0 Å². The first kappa shape index (κ1) is 14.4. The fraction of sp³-hybridized carbons (Fsp3) is 0.583. The van der Waals surface area contributed by atoms with Gasteiger partial charge in [-0.1, -0.05) is 0 Å². The maximum Gasteiger partial charge on any atom is 0.361 e. The molecule has 1 atom stereocenters. The van der Waals surface area contributed by atoms with Gasteiger partial charge in [-0.2, -0.15) is 9.78 Å². The minimum absolute atomic E-state index is 0.210. The number of alkyl halides is 1. The molecule has 8 heteroatoms. The van der Waals surface area contributed by atoms with Crippen LogP contribution in [0.5, 0.6) is 0 Å². The van der Waals surface area contributed by atoms with Gasteiger partial charge in [0.25, 0.3) is 11.9 Å². The van der Waals surface area contributed by atoms with E-state index in [1.807, 2.05) is 4.90 Å². The smallest absolute Gasteiger partial charge is 0.361 e. The molecule has 0 radical (unpaired) electrons. The summed E-state index contributed by atoms with van der Waals surface area (Å²) >= 11 is 0. The molecule has 2 heterocycles. The first-order valence-corrected chi connectivity index (χ1v) is 6.26. The number of hydrogen-bond acceptors (Lipinski definition) is 5. The van der Waals surface area contributed by atoms with Crippen LogP contribution in [-0.2, 0) is 9.53 Å². The number of methoxy groups -OCH3 is 1. The van der Waals surface area contributed by atoms with E-state index < -0.39 is 17.8 Å². The van der Waals surface area contributed by atoms with E-state index in [-0.39, 0.29) is 6.10 Å². The number of aromatic nitrogens is 2. The number of piperidine rings is 1. The minimum atomic E-state index is -2.46. The predicted octanol–water partition coefficient (Wildman–Crippen LogP) is 0.411. The summed E-state index contributed by atoms with van der Waals surface area (Å²) in [6, 6.07) is 1.20. The second-order valence-corrected chi connectivity index (χ2v) is 4.59. The van der Waals surface area contributed by atoms with Gasteiger partial charge in [0.1, 0.15) is 0 Å². The molecule has 7 nitrogen and oxygen atoms in total. The van der Waals surface area contributed by atoms with Crippen LogP contribution in [0.4, 0.5) is 10.1 Å². The quantitative estimate of drug-likeness (QED) is 0.862. The number of nitrogens with zero attached hydrogens (tertiary/aromatic N) is 3. The van der Waals surface area contributed by atoms with Gasteiger partial charge in [-0.25, -0.2) is 9.18 Å². The van der Waals surface area contributed by atoms with Gasteiger partial charge in [0.05, 0.1) is 18.0 Å². The van der Waals surface area contributed by atoms with Crippen molar-refractivity contribution in [2.45, 2.75) is 25.2 Å². The standard InChI is InChI=1S/C12H16FN3O4/c1-20-9-2-4-15(5-3-9)8-6-10(17)16(14-7-8)11(13)12(18)19/h6-7,9,11H,2-5H2,1H3,(H,18,19). The molecule has 0 aromatic carbocycles. The Kier molecular flexibility index (Phi) is 4.33. The first-order chi connectivity index (χ1) is 9.52. The second kappa shape index (κ2) is 6.00. The van der Waals surface area contributed by atoms with Gasteiger partial charge in [-0.15, -0.1) is 0 Å². The number of hydrogen-bond donors (Lipinski definition) is 1. The summed E-state index contributed by atoms with van der Waals surface area (Å²) in [5, 5.41) is 12.1. The largest absolute Gasteiger partial charge is 0.478 e. The van der Waals surface area contributed by atoms with Gasteiger partial charge < -0.3 is 14.7 Å². The van der Waals surface area contributed by atoms with Gasteiger partial charge in [0.15, 0.2) is 0 Å². The van der Waals surface area contributed by atoms with Crippen LogP contribution in [0.15, 0.2) is 17.1 Å². The van der Waals surface area contributed by atoms with Gasteiger partial charge in [-0.05, 0) is 12.8 Å². The number of halogens is 1. The van der Waals surface area contributed by atoms with Crippen molar-refractivity contribution in [2.75, 3.05) is 25.1 Å². The first-order valence-electron chi connectivity index (χ1n) is 6.26. The van der Waals surface area contributed by atoms with Crippen LogP contribution in [0.1, 0.15) is 19.1 Å². The Morgan fingerprint density at radius 2 is 2.20 bits per heavy atom. The Labute approximate surface area is 114 Å². The van der Waals surface area contributed by atoms with Gasteiger partial charge in [0, 0.05) is 26.3 Å². The lowest BCUT2D eigenvalue weighted by Crippen LogP contribution is -2.38. The van der Waals surface area contributed by atoms with Crippen LogP contribution < -0.4 is 10.5 Å². The van der Waals surface area contributed by atoms with E-state index in [1.165, 1.54) is 12.3 Å². The average Bonchev–Trinajstić information content (AvgIpc) is 2.46. The highest BCUT2D eigenvalue weighted by atomic mass is 19.1. The van der Waals surface area contributed by atoms with Crippen LogP contribution in [0, 0.1) is 0 Å². The minimum Gasteiger partial charge on any atom is -0.478 e. The number of rotatable bonds is 4. The molecule has 110 valence electrons. The molecule has 1 aromatic heterocycles. The molecule has 0 bridgehead atoms. The van der Waals surface area contributed by atoms with E-state index >= 15 is 0 Å². The highest BCUT2D eigenvalue weighted by Crippen LogP contribution is 2.19. The van der Waals surface area contributed by atoms with Crippen molar-refractivity contribution < 1.29 is 19.0 Å². The SMILES string of the molecule is COC1CCN(c2cnn(C(F)C(=O)O)c(=O)c2)CC1. The molecule has 1 saturated heterocycles. The third kappa shape index (κ3) is 2.96. The molecule has 0 spiro atoms. The monoisotopic (exact) mass is 285 g/mol. The van der Waals surface area contributed by atoms with E-state index in [2.05, 4.69) is 5.10 Å². The van der Waals surface area contributed by atoms with Crippen molar-refractivity contribution in [3.05, 3.63) is 22.6 Å². The van der Waals surface area contributed by atoms with Gasteiger partial charge >= 0.3 is 5.97 Å². The van der Waals surface area contributed by atoms with E-state index in [0.29, 0.717) is 23.5 Å². The maximum absolute atomic E-state index is 13.3. The number of anilines is 1. The number of aliphatic carboxylic acids is 1. The predicted molar refractivity (Wildman–Crippen MR) is 68.5 cm³/mol. The summed E-state index contributed by atoms with van der Waals surface area (Å²) < 4.78 is 18.8. The Balaban J connectivity index is 2.14. The molecule has 0 aliphatic carbocycles. The molecule has 1 unspecified atom stereocenters. The number of carbonyl (C=O) groups is 1. The van der Waals surface area contributed by atoms with Crippen LogP contribution in [0.25, 0.3) is 0 Å². The van der Waals surface area contributed by atoms with E-state index in [1.54, 1.807) is 7.11 Å². The van der Waals surface area contributed by atoms with Crippen molar-refractivity contribution >= 4 is 11.7 Å². The molecule has 1 fully saturated rings. The Morgan fingerprint density at radius 1 is 1.55 bits per heavy atom. The number of carboxylic acids is 1. The summed E-state index contributed by atoms with van der Waals surface area (Å²) in [5.41, 5.74) is -0.204. The third-order valence-corrected chi connectivity index (χ3v) is 3.37. The zero-order chi connectivity index (χ0) is 14.7. The Bertz CT molecular complexity index is 540. The van der Waals surface area contributed by atoms with Crippen LogP contribution in [-0.4, -0.2) is 47.2 Å². The summed E-state index contributed by atoms with van der Waals surface area (Å²) in [6.45, 7) is 1.42. The molecule has 1 N–H and O–H groups in total. The van der Waals surface area contributed by atoms with Crippen molar-refractivity contribution in [2.24, 2.45) is 0 Å². The third-order valence-electron chi connectivity index (χ3n) is 3.37. The molecular formula is C12H16FN3O4. The summed E-state index contributed by atoms with van der Waals surface area (Å²) in [4.78, 5) is 24.2. The van der Waals surface area contributed by atoms with E-state index in [0.717, 1.165) is 12.8 Å². The average molecular weight is 285 g/mol. The lowest BCUT2D eigenvalue weighted by atomic mass is 10.1. The molecule has 1 aromatic rings. The topological polar surface area (TPSA) is 84.7 Å². The Hall–Kier alpha value is -1.96. The molecule has 1 aliphatic rings. The fourth-order valence-corrected chi connectivity index (χ4v) is 2.21. The van der Waals surface area contributed by atoms with Gasteiger partial charge in [-0.3, -0.25) is 4.79 Å². The van der Waals surface area contributed by atoms with Crippen LogP contribution in [0.3, 0.4) is 0 Å². The second-order valence-electron chi connectivity index (χ2n) is 4.59. The van der Waals surface area contributed by atoms with Crippen molar-refractivity contribution in [3.8, 4) is 0 Å². The molecular weight excluding hydrogens is 269 g/mol. The van der Waals surface area contributed by atoms with E-state index in [9.17, 15) is 14.0 Å². The molecule has 2 rings (SSSR count). The molecule has 0 amide bonds. The van der Waals surface area contributed by atoms with Crippen molar-refractivity contribution in [1.82, 2.24) is 9.78 Å². The Morgan fingerprint density at radius 3 is 2.70 bits per heavy atom. The van der Waals surface area contributed by atoms with Crippen LogP contribution >= 0.6 is 0 Å².